The summed E-state index contributed by atoms with van der Waals surface area (Å²) < 4.78 is 9.25. The van der Waals surface area contributed by atoms with Gasteiger partial charge in [-0.05, 0) is 62.2 Å². The molecule has 0 unspecified atom stereocenters. The first-order valence-corrected chi connectivity index (χ1v) is 12.8. The van der Waals surface area contributed by atoms with Crippen LogP contribution in [-0.2, 0) is 11.3 Å². The predicted octanol–water partition coefficient (Wildman–Crippen LogP) is 3.41. The van der Waals surface area contributed by atoms with E-state index >= 15 is 0 Å². The smallest absolute Gasteiger partial charge is 0.271 e. The highest BCUT2D eigenvalue weighted by Crippen LogP contribution is 2.32. The largest absolute Gasteiger partial charge is 0.497 e. The van der Waals surface area contributed by atoms with Gasteiger partial charge in [-0.1, -0.05) is 41.7 Å². The molecule has 9 heteroatoms. The van der Waals surface area contributed by atoms with Crippen molar-refractivity contribution in [3.63, 3.8) is 0 Å². The zero-order valence-electron chi connectivity index (χ0n) is 21.1. The number of ether oxygens (including phenoxy) is 1. The van der Waals surface area contributed by atoms with Gasteiger partial charge in [0, 0.05) is 18.4 Å². The second-order valence-electron chi connectivity index (χ2n) is 8.72. The molecule has 0 bridgehead atoms. The molecule has 0 fully saturated rings. The Bertz CT molecular complexity index is 1690. The van der Waals surface area contributed by atoms with Crippen molar-refractivity contribution in [2.75, 3.05) is 12.4 Å². The van der Waals surface area contributed by atoms with Crippen LogP contribution in [0.15, 0.2) is 81.9 Å². The van der Waals surface area contributed by atoms with E-state index in [2.05, 4.69) is 10.4 Å². The summed E-state index contributed by atoms with van der Waals surface area (Å²) in [6.07, 6.45) is 3.65. The lowest BCUT2D eigenvalue weighted by Crippen LogP contribution is -2.40. The Morgan fingerprint density at radius 1 is 1.14 bits per heavy atom. The third-order valence-electron chi connectivity index (χ3n) is 6.36. The van der Waals surface area contributed by atoms with E-state index in [1.54, 1.807) is 22.4 Å². The molecule has 0 spiro atoms. The van der Waals surface area contributed by atoms with E-state index in [9.17, 15) is 9.59 Å². The Morgan fingerprint density at radius 2 is 1.89 bits per heavy atom. The number of aromatic nitrogens is 3. The number of anilines is 1. The number of carbonyl (C=O) groups is 1. The molecule has 8 nitrogen and oxygen atoms in total. The van der Waals surface area contributed by atoms with Crippen LogP contribution in [0.2, 0.25) is 0 Å². The second kappa shape index (κ2) is 10.0. The third-order valence-corrected chi connectivity index (χ3v) is 7.34. The number of benzene rings is 2. The fraction of sp³-hybridized carbons (Fsp3) is 0.214. The van der Waals surface area contributed by atoms with Crippen molar-refractivity contribution in [1.29, 1.82) is 0 Å². The number of thiazole rings is 1. The Morgan fingerprint density at radius 3 is 2.57 bits per heavy atom. The van der Waals surface area contributed by atoms with Gasteiger partial charge in [0.05, 0.1) is 34.6 Å². The molecule has 3 heterocycles. The van der Waals surface area contributed by atoms with Crippen molar-refractivity contribution < 1.29 is 9.53 Å². The van der Waals surface area contributed by atoms with E-state index in [-0.39, 0.29) is 11.5 Å². The van der Waals surface area contributed by atoms with Gasteiger partial charge in [0.25, 0.3) is 11.5 Å². The molecule has 0 saturated carbocycles. The summed E-state index contributed by atoms with van der Waals surface area (Å²) in [4.78, 5) is 32.7. The number of hydrogen-bond acceptors (Lipinski definition) is 6. The van der Waals surface area contributed by atoms with Crippen LogP contribution >= 0.6 is 11.3 Å². The lowest BCUT2D eigenvalue weighted by atomic mass is 9.95. The van der Waals surface area contributed by atoms with Gasteiger partial charge in [-0.25, -0.2) is 4.99 Å². The average molecular weight is 514 g/mol. The average Bonchev–Trinajstić information content (AvgIpc) is 3.48. The Kier molecular flexibility index (Phi) is 6.62. The van der Waals surface area contributed by atoms with Crippen LogP contribution in [0.4, 0.5) is 5.69 Å². The first-order chi connectivity index (χ1) is 17.9. The maximum Gasteiger partial charge on any atom is 0.271 e. The highest BCUT2D eigenvalue weighted by molar-refractivity contribution is 7.07. The molecule has 2 aromatic heterocycles. The van der Waals surface area contributed by atoms with Gasteiger partial charge in [0.2, 0.25) is 0 Å². The zero-order chi connectivity index (χ0) is 26.1. The van der Waals surface area contributed by atoms with Crippen molar-refractivity contribution in [2.45, 2.75) is 33.4 Å². The molecule has 5 rings (SSSR count). The van der Waals surface area contributed by atoms with Crippen LogP contribution in [0.25, 0.3) is 6.08 Å². The molecular formula is C28H27N5O3S. The summed E-state index contributed by atoms with van der Waals surface area (Å²) in [5.74, 6) is 0.390. The fourth-order valence-electron chi connectivity index (χ4n) is 4.38. The minimum Gasteiger partial charge on any atom is -0.497 e. The highest BCUT2D eigenvalue weighted by atomic mass is 32.1. The molecule has 1 aliphatic rings. The molecule has 0 aliphatic carbocycles. The van der Waals surface area contributed by atoms with Crippen LogP contribution in [0, 0.1) is 6.92 Å². The number of aryl methyl sites for hydroxylation is 2. The zero-order valence-corrected chi connectivity index (χ0v) is 21.9. The topological polar surface area (TPSA) is 90.5 Å². The number of methoxy groups -OCH3 is 1. The molecule has 1 N–H and O–H groups in total. The number of para-hydroxylation sites is 1. The van der Waals surface area contributed by atoms with Crippen molar-refractivity contribution in [3.05, 3.63) is 109 Å². The monoisotopic (exact) mass is 513 g/mol. The number of nitrogens with zero attached hydrogens (tertiary/aromatic N) is 4. The van der Waals surface area contributed by atoms with Gasteiger partial charge in [-0.3, -0.25) is 18.8 Å². The van der Waals surface area contributed by atoms with Gasteiger partial charge in [0.1, 0.15) is 5.75 Å². The van der Waals surface area contributed by atoms with Crippen molar-refractivity contribution in [2.24, 2.45) is 4.99 Å². The van der Waals surface area contributed by atoms with E-state index in [1.165, 1.54) is 11.3 Å². The van der Waals surface area contributed by atoms with Crippen LogP contribution in [0.3, 0.4) is 0 Å². The fourth-order valence-corrected chi connectivity index (χ4v) is 5.41. The number of hydrogen-bond donors (Lipinski definition) is 1. The lowest BCUT2D eigenvalue weighted by molar-refractivity contribution is -0.113. The maximum atomic E-state index is 13.8. The van der Waals surface area contributed by atoms with Crippen LogP contribution < -0.4 is 24.9 Å². The summed E-state index contributed by atoms with van der Waals surface area (Å²) in [6.45, 7) is 6.49. The van der Waals surface area contributed by atoms with Crippen LogP contribution in [0.5, 0.6) is 5.75 Å². The van der Waals surface area contributed by atoms with E-state index < -0.39 is 6.04 Å². The first-order valence-electron chi connectivity index (χ1n) is 12.0. The number of nitrogens with one attached hydrogen (secondary N) is 1. The number of rotatable bonds is 6. The van der Waals surface area contributed by atoms with E-state index in [4.69, 9.17) is 9.73 Å². The van der Waals surface area contributed by atoms with E-state index in [0.29, 0.717) is 37.7 Å². The second-order valence-corrected chi connectivity index (χ2v) is 9.73. The molecule has 188 valence electrons. The Balaban J connectivity index is 1.66. The molecule has 4 aromatic rings. The summed E-state index contributed by atoms with van der Waals surface area (Å²) >= 11 is 1.29. The summed E-state index contributed by atoms with van der Waals surface area (Å²) in [5, 5.41) is 7.51. The first kappa shape index (κ1) is 24.5. The molecule has 0 radical (unpaired) electrons. The molecular weight excluding hydrogens is 486 g/mol. The quantitative estimate of drug-likeness (QED) is 0.428. The van der Waals surface area contributed by atoms with Crippen LogP contribution in [0.1, 0.15) is 36.7 Å². The van der Waals surface area contributed by atoms with Gasteiger partial charge in [0.15, 0.2) is 4.80 Å². The summed E-state index contributed by atoms with van der Waals surface area (Å²) in [5.41, 5.74) is 3.90. The van der Waals surface area contributed by atoms with Crippen molar-refractivity contribution >= 4 is 29.0 Å². The Labute approximate surface area is 217 Å². The SMILES string of the molecule is CCn1ccc(/C=c2/sc3n(c2=O)[C@@H](c2ccc(OC)cc2)C(C(=O)Nc2ccccc2C)=C(C)N=3)n1. The van der Waals surface area contributed by atoms with E-state index in [1.807, 2.05) is 81.6 Å². The Hall–Kier alpha value is -4.24. The van der Waals surface area contributed by atoms with Gasteiger partial charge < -0.3 is 10.1 Å². The predicted molar refractivity (Wildman–Crippen MR) is 144 cm³/mol. The molecule has 2 aromatic carbocycles. The minimum absolute atomic E-state index is 0.218. The number of allylic oxidation sites excluding steroid dienone is 1. The standard InChI is InChI=1S/C28H27N5O3S/c1-5-32-15-14-20(31-32)16-23-27(35)33-25(19-10-12-21(36-4)13-11-19)24(18(3)29-28(33)37-23)26(34)30-22-9-7-6-8-17(22)2/h6-16,25H,5H2,1-4H3,(H,30,34)/b23-16+/t25-/m0/s1. The van der Waals surface area contributed by atoms with Crippen molar-refractivity contribution in [3.8, 4) is 5.75 Å². The number of amides is 1. The maximum absolute atomic E-state index is 13.8. The highest BCUT2D eigenvalue weighted by Gasteiger charge is 2.32. The molecule has 37 heavy (non-hydrogen) atoms. The summed E-state index contributed by atoms with van der Waals surface area (Å²) in [7, 11) is 1.60. The van der Waals surface area contributed by atoms with Gasteiger partial charge in [-0.2, -0.15) is 5.10 Å². The minimum atomic E-state index is -0.651. The van der Waals surface area contributed by atoms with Crippen LogP contribution in [-0.4, -0.2) is 27.4 Å². The van der Waals surface area contributed by atoms with Gasteiger partial charge in [-0.15, -0.1) is 0 Å². The summed E-state index contributed by atoms with van der Waals surface area (Å²) in [6, 6.07) is 16.2. The molecule has 1 aliphatic heterocycles. The van der Waals surface area contributed by atoms with Gasteiger partial charge >= 0.3 is 0 Å². The normalized spacial score (nSPS) is 15.4. The lowest BCUT2D eigenvalue weighted by Gasteiger charge is -2.25. The third kappa shape index (κ3) is 4.65. The molecule has 1 atom stereocenters. The van der Waals surface area contributed by atoms with Crippen molar-refractivity contribution in [1.82, 2.24) is 14.3 Å². The number of fused-ring (bicyclic) bond motifs is 1. The molecule has 1 amide bonds. The molecule has 0 saturated heterocycles. The van der Waals surface area contributed by atoms with E-state index in [0.717, 1.165) is 17.7 Å². The number of carbonyl (C=O) groups excluding carboxylic acids is 1.